The summed E-state index contributed by atoms with van der Waals surface area (Å²) in [6.07, 6.45) is 0.884. The van der Waals surface area contributed by atoms with Gasteiger partial charge in [-0.1, -0.05) is 29.8 Å². The Balaban J connectivity index is 1.50. The van der Waals surface area contributed by atoms with Gasteiger partial charge in [-0.25, -0.2) is 4.98 Å². The smallest absolute Gasteiger partial charge is 0.260 e. The number of fused-ring (bicyclic) bond motifs is 1. The van der Waals surface area contributed by atoms with Crippen molar-refractivity contribution in [3.05, 3.63) is 73.9 Å². The van der Waals surface area contributed by atoms with Crippen molar-refractivity contribution in [2.24, 2.45) is 0 Å². The average molecular weight is 416 g/mol. The fourth-order valence-electron chi connectivity index (χ4n) is 2.96. The molecule has 7 heteroatoms. The van der Waals surface area contributed by atoms with Gasteiger partial charge >= 0.3 is 0 Å². The number of halogens is 1. The number of hydrogen-bond acceptors (Lipinski definition) is 5. The number of H-pyrrole nitrogens is 1. The number of aromatic amines is 1. The van der Waals surface area contributed by atoms with Crippen LogP contribution >= 0.6 is 34.3 Å². The van der Waals surface area contributed by atoms with Crippen LogP contribution in [0.15, 0.2) is 52.0 Å². The van der Waals surface area contributed by atoms with E-state index >= 15 is 0 Å². The van der Waals surface area contributed by atoms with E-state index in [1.54, 1.807) is 11.3 Å². The van der Waals surface area contributed by atoms with Crippen molar-refractivity contribution in [3.8, 4) is 10.4 Å². The van der Waals surface area contributed by atoms with Crippen LogP contribution in [0.2, 0.25) is 5.02 Å². The highest BCUT2D eigenvalue weighted by molar-refractivity contribution is 7.18. The molecule has 0 fully saturated rings. The highest BCUT2D eigenvalue weighted by atomic mass is 35.5. The Labute approximate surface area is 169 Å². The van der Waals surface area contributed by atoms with Crippen LogP contribution in [0.3, 0.4) is 0 Å². The maximum absolute atomic E-state index is 12.7. The lowest BCUT2D eigenvalue weighted by atomic mass is 10.1. The molecule has 0 aliphatic carbocycles. The molecule has 0 spiro atoms. The van der Waals surface area contributed by atoms with Crippen LogP contribution in [0, 0.1) is 0 Å². The van der Waals surface area contributed by atoms with E-state index in [1.165, 1.54) is 16.9 Å². The molecule has 3 heterocycles. The number of nitrogens with zero attached hydrogens (tertiary/aromatic N) is 1. The summed E-state index contributed by atoms with van der Waals surface area (Å²) < 4.78 is 0. The Hall–Kier alpha value is -1.99. The van der Waals surface area contributed by atoms with Gasteiger partial charge in [0.15, 0.2) is 0 Å². The zero-order chi connectivity index (χ0) is 18.8. The summed E-state index contributed by atoms with van der Waals surface area (Å²) in [5, 5.41) is 8.88. The minimum atomic E-state index is -0.0778. The minimum absolute atomic E-state index is 0.0401. The average Bonchev–Trinajstić information content (AvgIpc) is 3.32. The number of thiophene rings is 2. The van der Waals surface area contributed by atoms with Gasteiger partial charge in [-0.05, 0) is 49.0 Å². The van der Waals surface area contributed by atoms with Crippen molar-refractivity contribution in [3.63, 3.8) is 0 Å². The molecule has 0 bridgehead atoms. The van der Waals surface area contributed by atoms with Gasteiger partial charge < -0.3 is 10.3 Å². The normalized spacial score (nSPS) is 12.5. The van der Waals surface area contributed by atoms with Crippen LogP contribution in [0.1, 0.15) is 24.4 Å². The van der Waals surface area contributed by atoms with Crippen molar-refractivity contribution in [1.82, 2.24) is 15.3 Å². The first-order chi connectivity index (χ1) is 13.1. The maximum Gasteiger partial charge on any atom is 0.260 e. The minimum Gasteiger partial charge on any atom is -0.309 e. The Morgan fingerprint density at radius 3 is 2.78 bits per heavy atom. The largest absolute Gasteiger partial charge is 0.309 e. The predicted molar refractivity (Wildman–Crippen MR) is 115 cm³/mol. The second-order valence-electron chi connectivity index (χ2n) is 6.31. The van der Waals surface area contributed by atoms with Crippen molar-refractivity contribution in [2.75, 3.05) is 6.54 Å². The second kappa shape index (κ2) is 7.94. The zero-order valence-corrected chi connectivity index (χ0v) is 17.0. The van der Waals surface area contributed by atoms with E-state index in [-0.39, 0.29) is 11.6 Å². The van der Waals surface area contributed by atoms with Gasteiger partial charge in [0, 0.05) is 20.8 Å². The molecule has 1 aromatic carbocycles. The quantitative estimate of drug-likeness (QED) is 0.451. The van der Waals surface area contributed by atoms with Crippen LogP contribution in [0.4, 0.5) is 0 Å². The van der Waals surface area contributed by atoms with Crippen LogP contribution in [0.25, 0.3) is 20.7 Å². The second-order valence-corrected chi connectivity index (χ2v) is 8.55. The first-order valence-corrected chi connectivity index (χ1v) is 10.8. The lowest BCUT2D eigenvalue weighted by Gasteiger charge is -2.13. The van der Waals surface area contributed by atoms with E-state index in [1.807, 2.05) is 54.1 Å². The summed E-state index contributed by atoms with van der Waals surface area (Å²) >= 11 is 9.06. The first-order valence-electron chi connectivity index (χ1n) is 8.65. The van der Waals surface area contributed by atoms with Crippen molar-refractivity contribution >= 4 is 44.5 Å². The Bertz CT molecular complexity index is 1100. The molecule has 0 saturated heterocycles. The van der Waals surface area contributed by atoms with Crippen LogP contribution in [0.5, 0.6) is 0 Å². The fourth-order valence-corrected chi connectivity index (χ4v) is 4.86. The Morgan fingerprint density at radius 2 is 2.04 bits per heavy atom. The summed E-state index contributed by atoms with van der Waals surface area (Å²) in [6.45, 7) is 2.80. The lowest BCUT2D eigenvalue weighted by molar-refractivity contribution is 0.550. The Morgan fingerprint density at radius 1 is 1.22 bits per heavy atom. The maximum atomic E-state index is 12.7. The summed E-state index contributed by atoms with van der Waals surface area (Å²) in [5.74, 6) is 0.670. The summed E-state index contributed by atoms with van der Waals surface area (Å²) in [5.41, 5.74) is 2.11. The molecule has 0 radical (unpaired) electrons. The van der Waals surface area contributed by atoms with Gasteiger partial charge in [0.05, 0.1) is 11.4 Å². The number of rotatable bonds is 6. The van der Waals surface area contributed by atoms with Crippen molar-refractivity contribution in [1.29, 1.82) is 0 Å². The molecule has 0 aliphatic rings. The summed E-state index contributed by atoms with van der Waals surface area (Å²) in [6, 6.07) is 11.8. The third kappa shape index (κ3) is 3.99. The van der Waals surface area contributed by atoms with Crippen molar-refractivity contribution in [2.45, 2.75) is 19.4 Å². The molecule has 1 atom stereocenters. The van der Waals surface area contributed by atoms with Crippen LogP contribution < -0.4 is 10.9 Å². The van der Waals surface area contributed by atoms with Gasteiger partial charge in [0.2, 0.25) is 0 Å². The molecule has 4 nitrogen and oxygen atoms in total. The third-order valence-corrected chi connectivity index (χ3v) is 6.46. The van der Waals surface area contributed by atoms with Gasteiger partial charge in [-0.15, -0.1) is 22.7 Å². The molecule has 0 aliphatic heterocycles. The zero-order valence-electron chi connectivity index (χ0n) is 14.7. The molecule has 4 rings (SSSR count). The first kappa shape index (κ1) is 18.4. The van der Waals surface area contributed by atoms with Gasteiger partial charge in [0.25, 0.3) is 5.56 Å². The van der Waals surface area contributed by atoms with Crippen LogP contribution in [-0.2, 0) is 6.42 Å². The number of nitrogens with one attached hydrogen (secondary N) is 2. The molecule has 27 heavy (non-hydrogen) atoms. The topological polar surface area (TPSA) is 57.8 Å². The summed E-state index contributed by atoms with van der Waals surface area (Å²) in [4.78, 5) is 22.2. The van der Waals surface area contributed by atoms with Crippen LogP contribution in [-0.4, -0.2) is 16.5 Å². The van der Waals surface area contributed by atoms with Gasteiger partial charge in [-0.3, -0.25) is 4.79 Å². The van der Waals surface area contributed by atoms with Gasteiger partial charge in [0.1, 0.15) is 10.7 Å². The standard InChI is InChI=1S/C20H18ClN3OS2/c1-12(22-9-8-13-4-6-14(21)7-5-13)18-23-19(25)17-15(11-27-20(17)24-18)16-3-2-10-26-16/h2-7,10-12,22H,8-9H2,1H3,(H,23,24,25)/t12-/m1/s1. The third-order valence-electron chi connectivity index (χ3n) is 4.44. The predicted octanol–water partition coefficient (Wildman–Crippen LogP) is 5.26. The van der Waals surface area contributed by atoms with Crippen molar-refractivity contribution < 1.29 is 0 Å². The number of benzene rings is 1. The summed E-state index contributed by atoms with van der Waals surface area (Å²) in [7, 11) is 0. The number of aromatic nitrogens is 2. The van der Waals surface area contributed by atoms with E-state index in [9.17, 15) is 4.79 Å². The fraction of sp³-hybridized carbons (Fsp3) is 0.200. The highest BCUT2D eigenvalue weighted by Crippen LogP contribution is 2.33. The Kier molecular flexibility index (Phi) is 5.41. The number of hydrogen-bond donors (Lipinski definition) is 2. The van der Waals surface area contributed by atoms with E-state index in [0.717, 1.165) is 33.3 Å². The molecule has 4 aromatic rings. The molecular formula is C20H18ClN3OS2. The molecular weight excluding hydrogens is 398 g/mol. The molecule has 3 aromatic heterocycles. The van der Waals surface area contributed by atoms with E-state index < -0.39 is 0 Å². The van der Waals surface area contributed by atoms with E-state index in [2.05, 4.69) is 10.3 Å². The highest BCUT2D eigenvalue weighted by Gasteiger charge is 2.16. The monoisotopic (exact) mass is 415 g/mol. The SMILES string of the molecule is C[C@@H](NCCc1ccc(Cl)cc1)c1nc2scc(-c3cccs3)c2c(=O)[nH]1. The molecule has 0 amide bonds. The molecule has 2 N–H and O–H groups in total. The van der Waals surface area contributed by atoms with E-state index in [0.29, 0.717) is 11.2 Å². The molecule has 0 unspecified atom stereocenters. The van der Waals surface area contributed by atoms with E-state index in [4.69, 9.17) is 16.6 Å². The molecule has 138 valence electrons. The van der Waals surface area contributed by atoms with Gasteiger partial charge in [-0.2, -0.15) is 0 Å². The lowest BCUT2D eigenvalue weighted by Crippen LogP contribution is -2.25. The molecule has 0 saturated carbocycles.